The smallest absolute Gasteiger partial charge is 0.254 e. The number of aromatic nitrogens is 7. The van der Waals surface area contributed by atoms with Crippen LogP contribution in [0.25, 0.3) is 0 Å². The monoisotopic (exact) mass is 380 g/mol. The maximum absolute atomic E-state index is 13.1. The van der Waals surface area contributed by atoms with Crippen molar-refractivity contribution in [2.45, 2.75) is 46.3 Å². The molecule has 0 radical (unpaired) electrons. The number of benzene rings is 1. The topological polar surface area (TPSA) is 94.6 Å². The van der Waals surface area contributed by atoms with Crippen molar-refractivity contribution in [2.75, 3.05) is 6.54 Å². The van der Waals surface area contributed by atoms with Crippen LogP contribution in [0.2, 0.25) is 0 Å². The highest BCUT2D eigenvalue weighted by Gasteiger charge is 2.31. The van der Waals surface area contributed by atoms with Gasteiger partial charge in [0.1, 0.15) is 12.2 Å². The van der Waals surface area contributed by atoms with E-state index in [-0.39, 0.29) is 11.9 Å². The summed E-state index contributed by atoms with van der Waals surface area (Å²) in [7, 11) is 0. The summed E-state index contributed by atoms with van der Waals surface area (Å²) in [6.45, 7) is 8.11. The number of amides is 1. The van der Waals surface area contributed by atoms with Crippen molar-refractivity contribution in [3.63, 3.8) is 0 Å². The summed E-state index contributed by atoms with van der Waals surface area (Å²) in [4.78, 5) is 15.0. The molecule has 0 N–H and O–H groups in total. The van der Waals surface area contributed by atoms with Crippen LogP contribution < -0.4 is 0 Å². The molecule has 0 spiro atoms. The van der Waals surface area contributed by atoms with E-state index < -0.39 is 0 Å². The van der Waals surface area contributed by atoms with E-state index in [1.165, 1.54) is 0 Å². The van der Waals surface area contributed by atoms with Gasteiger partial charge in [0.25, 0.3) is 5.91 Å². The fourth-order valence-corrected chi connectivity index (χ4v) is 3.82. The Morgan fingerprint density at radius 1 is 1.21 bits per heavy atom. The zero-order valence-electron chi connectivity index (χ0n) is 16.4. The fraction of sp³-hybridized carbons (Fsp3) is 0.474. The number of hydrogen-bond donors (Lipinski definition) is 0. The molecule has 3 aromatic rings. The summed E-state index contributed by atoms with van der Waals surface area (Å²) in [5, 5.41) is 19.6. The second-order valence-corrected chi connectivity index (χ2v) is 7.71. The normalized spacial score (nSPS) is 16.4. The third kappa shape index (κ3) is 3.64. The van der Waals surface area contributed by atoms with Crippen LogP contribution in [-0.2, 0) is 13.1 Å². The van der Waals surface area contributed by atoms with Crippen molar-refractivity contribution < 1.29 is 4.79 Å². The first-order chi connectivity index (χ1) is 13.5. The van der Waals surface area contributed by atoms with E-state index in [0.29, 0.717) is 31.1 Å². The first-order valence-corrected chi connectivity index (χ1v) is 9.50. The van der Waals surface area contributed by atoms with Crippen LogP contribution in [0.4, 0.5) is 0 Å². The highest BCUT2D eigenvalue weighted by atomic mass is 16.2. The molecule has 3 heterocycles. The zero-order chi connectivity index (χ0) is 19.7. The molecule has 1 aromatic carbocycles. The van der Waals surface area contributed by atoms with Gasteiger partial charge in [-0.2, -0.15) is 0 Å². The van der Waals surface area contributed by atoms with E-state index in [4.69, 9.17) is 0 Å². The lowest BCUT2D eigenvalue weighted by Gasteiger charge is -2.35. The number of tetrazole rings is 1. The molecule has 9 heteroatoms. The molecule has 4 rings (SSSR count). The van der Waals surface area contributed by atoms with Crippen molar-refractivity contribution in [3.05, 3.63) is 53.4 Å². The van der Waals surface area contributed by atoms with Gasteiger partial charge < -0.3 is 9.47 Å². The van der Waals surface area contributed by atoms with Crippen molar-refractivity contribution >= 4 is 5.91 Å². The molecule has 2 aromatic heterocycles. The van der Waals surface area contributed by atoms with Gasteiger partial charge in [-0.25, -0.2) is 4.68 Å². The van der Waals surface area contributed by atoms with Gasteiger partial charge in [-0.05, 0) is 47.4 Å². The number of fused-ring (bicyclic) bond motifs is 1. The first-order valence-electron chi connectivity index (χ1n) is 9.50. The second-order valence-electron chi connectivity index (χ2n) is 7.71. The van der Waals surface area contributed by atoms with Crippen molar-refractivity contribution in [3.8, 4) is 0 Å². The standard InChI is InChI=1S/C19H24N8O/c1-13(2)8-17-10-25(11-18-22-21-14(3)27(17)18)19(28)16-6-4-15(5-7-16)9-26-12-20-23-24-26/h4-7,12-13,17H,8-11H2,1-3H3/t17-/m0/s1. The molecule has 28 heavy (non-hydrogen) atoms. The summed E-state index contributed by atoms with van der Waals surface area (Å²) in [5.41, 5.74) is 1.71. The number of aryl methyl sites for hydroxylation is 1. The number of carbonyl (C=O) groups is 1. The van der Waals surface area contributed by atoms with Crippen LogP contribution in [0.15, 0.2) is 30.6 Å². The third-order valence-corrected chi connectivity index (χ3v) is 5.03. The van der Waals surface area contributed by atoms with Gasteiger partial charge >= 0.3 is 0 Å². The molecule has 1 amide bonds. The lowest BCUT2D eigenvalue weighted by molar-refractivity contribution is 0.0660. The van der Waals surface area contributed by atoms with Gasteiger partial charge in [0.2, 0.25) is 0 Å². The van der Waals surface area contributed by atoms with Crippen LogP contribution in [0.3, 0.4) is 0 Å². The Bertz CT molecular complexity index is 945. The van der Waals surface area contributed by atoms with E-state index in [1.54, 1.807) is 11.0 Å². The SMILES string of the molecule is Cc1nnc2n1[C@@H](CC(C)C)CN(C(=O)c1ccc(Cn3cnnn3)cc1)C2. The zero-order valence-corrected chi connectivity index (χ0v) is 16.4. The van der Waals surface area contributed by atoms with E-state index in [9.17, 15) is 4.79 Å². The maximum atomic E-state index is 13.1. The number of nitrogens with zero attached hydrogens (tertiary/aromatic N) is 8. The molecular weight excluding hydrogens is 356 g/mol. The molecule has 0 unspecified atom stereocenters. The van der Waals surface area contributed by atoms with Crippen LogP contribution >= 0.6 is 0 Å². The largest absolute Gasteiger partial charge is 0.329 e. The Kier molecular flexibility index (Phi) is 4.89. The molecule has 1 atom stereocenters. The lowest BCUT2D eigenvalue weighted by Crippen LogP contribution is -2.42. The van der Waals surface area contributed by atoms with E-state index >= 15 is 0 Å². The first kappa shape index (κ1) is 18.3. The van der Waals surface area contributed by atoms with Gasteiger partial charge in [-0.1, -0.05) is 26.0 Å². The number of rotatable bonds is 5. The number of carbonyl (C=O) groups excluding carboxylic acids is 1. The minimum Gasteiger partial charge on any atom is -0.329 e. The molecule has 1 aliphatic rings. The van der Waals surface area contributed by atoms with Crippen molar-refractivity contribution in [1.82, 2.24) is 39.9 Å². The van der Waals surface area contributed by atoms with Gasteiger partial charge in [-0.3, -0.25) is 4.79 Å². The van der Waals surface area contributed by atoms with Crippen molar-refractivity contribution in [1.29, 1.82) is 0 Å². The summed E-state index contributed by atoms with van der Waals surface area (Å²) < 4.78 is 3.84. The summed E-state index contributed by atoms with van der Waals surface area (Å²) in [6, 6.07) is 7.82. The summed E-state index contributed by atoms with van der Waals surface area (Å²) in [6.07, 6.45) is 2.56. The summed E-state index contributed by atoms with van der Waals surface area (Å²) in [5.74, 6) is 2.33. The Balaban J connectivity index is 1.51. The Morgan fingerprint density at radius 2 is 2.00 bits per heavy atom. The fourth-order valence-electron chi connectivity index (χ4n) is 3.82. The second kappa shape index (κ2) is 7.49. The molecule has 1 aliphatic heterocycles. The molecule has 0 bridgehead atoms. The third-order valence-electron chi connectivity index (χ3n) is 5.03. The van der Waals surface area contributed by atoms with Crippen LogP contribution in [0, 0.1) is 12.8 Å². The Morgan fingerprint density at radius 3 is 2.68 bits per heavy atom. The average Bonchev–Trinajstić information content (AvgIpc) is 3.31. The van der Waals surface area contributed by atoms with E-state index in [1.807, 2.05) is 36.1 Å². The Labute approximate surface area is 163 Å². The van der Waals surface area contributed by atoms with Crippen LogP contribution in [0.1, 0.15) is 53.9 Å². The number of hydrogen-bond acceptors (Lipinski definition) is 6. The van der Waals surface area contributed by atoms with Gasteiger partial charge in [0.05, 0.1) is 19.1 Å². The molecule has 146 valence electrons. The van der Waals surface area contributed by atoms with Crippen LogP contribution in [-0.4, -0.2) is 52.3 Å². The van der Waals surface area contributed by atoms with E-state index in [2.05, 4.69) is 44.1 Å². The van der Waals surface area contributed by atoms with E-state index in [0.717, 1.165) is 23.6 Å². The Hall–Kier alpha value is -3.10. The molecule has 0 saturated carbocycles. The highest BCUT2D eigenvalue weighted by molar-refractivity contribution is 5.94. The minimum absolute atomic E-state index is 0.0228. The predicted octanol–water partition coefficient (Wildman–Crippen LogP) is 1.86. The quantitative estimate of drug-likeness (QED) is 0.671. The predicted molar refractivity (Wildman–Crippen MR) is 101 cm³/mol. The van der Waals surface area contributed by atoms with Gasteiger partial charge in [0.15, 0.2) is 5.82 Å². The molecule has 0 fully saturated rings. The lowest BCUT2D eigenvalue weighted by atomic mass is 10.0. The minimum atomic E-state index is 0.0228. The molecule has 0 aliphatic carbocycles. The molecule has 9 nitrogen and oxygen atoms in total. The maximum Gasteiger partial charge on any atom is 0.254 e. The summed E-state index contributed by atoms with van der Waals surface area (Å²) >= 11 is 0. The van der Waals surface area contributed by atoms with Gasteiger partial charge in [0, 0.05) is 12.1 Å². The highest BCUT2D eigenvalue weighted by Crippen LogP contribution is 2.28. The molecule has 0 saturated heterocycles. The van der Waals surface area contributed by atoms with Crippen LogP contribution in [0.5, 0.6) is 0 Å². The van der Waals surface area contributed by atoms with Gasteiger partial charge in [-0.15, -0.1) is 15.3 Å². The molecular formula is C19H24N8O. The average molecular weight is 380 g/mol. The van der Waals surface area contributed by atoms with Crippen molar-refractivity contribution in [2.24, 2.45) is 5.92 Å².